The van der Waals surface area contributed by atoms with Crippen LogP contribution >= 0.6 is 11.8 Å². The third kappa shape index (κ3) is 4.11. The largest absolute Gasteiger partial charge is 0.457 e. The van der Waals surface area contributed by atoms with Crippen LogP contribution in [0.2, 0.25) is 0 Å². The second-order valence-corrected chi connectivity index (χ2v) is 9.50. The number of para-hydroxylation sites is 1. The van der Waals surface area contributed by atoms with Gasteiger partial charge in [-0.2, -0.15) is 0 Å². The minimum atomic E-state index is -0.408. The lowest BCUT2D eigenvalue weighted by Gasteiger charge is -2.12. The van der Waals surface area contributed by atoms with E-state index in [1.807, 2.05) is 79.7 Å². The maximum absolute atomic E-state index is 12.8. The highest BCUT2D eigenvalue weighted by molar-refractivity contribution is 8.00. The van der Waals surface area contributed by atoms with Gasteiger partial charge < -0.3 is 10.1 Å². The Morgan fingerprint density at radius 2 is 1.49 bits per heavy atom. The predicted molar refractivity (Wildman–Crippen MR) is 139 cm³/mol. The van der Waals surface area contributed by atoms with Gasteiger partial charge in [-0.05, 0) is 48.7 Å². The first kappa shape index (κ1) is 21.3. The molecule has 1 aromatic heterocycles. The summed E-state index contributed by atoms with van der Waals surface area (Å²) in [5.74, 6) is 1.32. The van der Waals surface area contributed by atoms with Crippen LogP contribution in [-0.2, 0) is 4.79 Å². The third-order valence-corrected chi connectivity index (χ3v) is 6.79. The lowest BCUT2D eigenvalue weighted by atomic mass is 10.0. The van der Waals surface area contributed by atoms with Crippen LogP contribution in [0.1, 0.15) is 6.92 Å². The molecule has 6 rings (SSSR count). The van der Waals surface area contributed by atoms with Crippen molar-refractivity contribution in [3.05, 3.63) is 91.0 Å². The molecule has 1 N–H and O–H groups in total. The summed E-state index contributed by atoms with van der Waals surface area (Å²) in [6, 6.07) is 29.2. The number of ether oxygens (including phenoxy) is 1. The number of aromatic nitrogens is 3. The molecule has 5 aromatic rings. The minimum Gasteiger partial charge on any atom is -0.457 e. The second kappa shape index (κ2) is 8.85. The van der Waals surface area contributed by atoms with E-state index in [9.17, 15) is 4.79 Å². The Hall–Kier alpha value is -4.23. The molecule has 0 radical (unpaired) electrons. The van der Waals surface area contributed by atoms with Crippen LogP contribution < -0.4 is 10.1 Å². The van der Waals surface area contributed by atoms with E-state index < -0.39 is 5.25 Å². The quantitative estimate of drug-likeness (QED) is 0.274. The van der Waals surface area contributed by atoms with E-state index in [1.165, 1.54) is 11.8 Å². The lowest BCUT2D eigenvalue weighted by Crippen LogP contribution is -2.22. The van der Waals surface area contributed by atoms with Crippen LogP contribution in [0.25, 0.3) is 33.3 Å². The number of benzene rings is 4. The molecule has 0 aliphatic heterocycles. The fourth-order valence-corrected chi connectivity index (χ4v) is 4.87. The van der Waals surface area contributed by atoms with Gasteiger partial charge in [-0.25, -0.2) is 4.98 Å². The van der Waals surface area contributed by atoms with Crippen molar-refractivity contribution < 1.29 is 9.53 Å². The highest BCUT2D eigenvalue weighted by Gasteiger charge is 2.26. The monoisotopic (exact) mass is 476 g/mol. The Labute approximate surface area is 206 Å². The SMILES string of the molecule is CC(Sc1nnc2c(n1)-c1cccc3cccc-2c13)C(=O)Nc1ccc(Oc2ccccc2)cc1. The zero-order valence-electron chi connectivity index (χ0n) is 18.8. The highest BCUT2D eigenvalue weighted by atomic mass is 32.2. The van der Waals surface area contributed by atoms with Gasteiger partial charge in [0, 0.05) is 22.2 Å². The third-order valence-electron chi connectivity index (χ3n) is 5.83. The van der Waals surface area contributed by atoms with Crippen molar-refractivity contribution in [3.63, 3.8) is 0 Å². The van der Waals surface area contributed by atoms with Gasteiger partial charge >= 0.3 is 0 Å². The Morgan fingerprint density at radius 3 is 2.23 bits per heavy atom. The van der Waals surface area contributed by atoms with E-state index in [2.05, 4.69) is 33.7 Å². The number of anilines is 1. The van der Waals surface area contributed by atoms with Crippen molar-refractivity contribution in [2.45, 2.75) is 17.3 Å². The van der Waals surface area contributed by atoms with Gasteiger partial charge in [0.25, 0.3) is 0 Å². The normalized spacial score (nSPS) is 12.3. The number of fused-ring (bicyclic) bond motifs is 3. The molecule has 1 aliphatic carbocycles. The van der Waals surface area contributed by atoms with E-state index >= 15 is 0 Å². The molecule has 1 aliphatic rings. The van der Waals surface area contributed by atoms with E-state index in [0.717, 1.165) is 39.0 Å². The molecule has 0 bridgehead atoms. The lowest BCUT2D eigenvalue weighted by molar-refractivity contribution is -0.115. The number of nitrogens with one attached hydrogen (secondary N) is 1. The molecule has 1 heterocycles. The zero-order chi connectivity index (χ0) is 23.8. The number of nitrogens with zero attached hydrogens (tertiary/aromatic N) is 3. The zero-order valence-corrected chi connectivity index (χ0v) is 19.6. The molecule has 4 aromatic carbocycles. The smallest absolute Gasteiger partial charge is 0.237 e. The fourth-order valence-electron chi connectivity index (χ4n) is 4.15. The van der Waals surface area contributed by atoms with Gasteiger partial charge in [-0.15, -0.1) is 10.2 Å². The maximum Gasteiger partial charge on any atom is 0.237 e. The molecule has 0 fully saturated rings. The van der Waals surface area contributed by atoms with Crippen LogP contribution in [0.4, 0.5) is 5.69 Å². The molecule has 6 nitrogen and oxygen atoms in total. The molecular formula is C28H20N4O2S. The number of hydrogen-bond donors (Lipinski definition) is 1. The average Bonchev–Trinajstić information content (AvgIpc) is 3.21. The maximum atomic E-state index is 12.8. The fraction of sp³-hybridized carbons (Fsp3) is 0.0714. The molecule has 1 unspecified atom stereocenters. The van der Waals surface area contributed by atoms with Gasteiger partial charge in [0.2, 0.25) is 11.1 Å². The summed E-state index contributed by atoms with van der Waals surface area (Å²) in [6.07, 6.45) is 0. The molecule has 170 valence electrons. The number of carbonyl (C=O) groups is 1. The van der Waals surface area contributed by atoms with Crippen molar-refractivity contribution in [3.8, 4) is 34.0 Å². The Morgan fingerprint density at radius 1 is 0.800 bits per heavy atom. The molecule has 7 heteroatoms. The Bertz CT molecular complexity index is 1550. The number of amides is 1. The van der Waals surface area contributed by atoms with E-state index in [1.54, 1.807) is 0 Å². The number of hydrogen-bond acceptors (Lipinski definition) is 6. The van der Waals surface area contributed by atoms with E-state index in [-0.39, 0.29) is 5.91 Å². The highest BCUT2D eigenvalue weighted by Crippen LogP contribution is 2.45. The minimum absolute atomic E-state index is 0.138. The topological polar surface area (TPSA) is 77.0 Å². The summed E-state index contributed by atoms with van der Waals surface area (Å²) in [5.41, 5.74) is 4.40. The van der Waals surface area contributed by atoms with Crippen molar-refractivity contribution in [1.29, 1.82) is 0 Å². The average molecular weight is 477 g/mol. The molecule has 0 saturated carbocycles. The van der Waals surface area contributed by atoms with Crippen molar-refractivity contribution >= 4 is 34.1 Å². The molecular weight excluding hydrogens is 456 g/mol. The number of rotatable bonds is 6. The van der Waals surface area contributed by atoms with Gasteiger partial charge in [0.15, 0.2) is 0 Å². The number of carbonyl (C=O) groups excluding carboxylic acids is 1. The molecule has 1 amide bonds. The predicted octanol–water partition coefficient (Wildman–Crippen LogP) is 6.58. The van der Waals surface area contributed by atoms with Crippen LogP contribution in [0.3, 0.4) is 0 Å². The number of thioether (sulfide) groups is 1. The molecule has 1 atom stereocenters. The van der Waals surface area contributed by atoms with E-state index in [0.29, 0.717) is 16.6 Å². The summed E-state index contributed by atoms with van der Waals surface area (Å²) in [7, 11) is 0. The first-order valence-electron chi connectivity index (χ1n) is 11.2. The summed E-state index contributed by atoms with van der Waals surface area (Å²) in [6.45, 7) is 1.83. The summed E-state index contributed by atoms with van der Waals surface area (Å²) >= 11 is 1.29. The molecule has 0 spiro atoms. The first-order valence-corrected chi connectivity index (χ1v) is 12.1. The molecule has 35 heavy (non-hydrogen) atoms. The van der Waals surface area contributed by atoms with Crippen molar-refractivity contribution in [2.24, 2.45) is 0 Å². The van der Waals surface area contributed by atoms with Crippen LogP contribution in [0.15, 0.2) is 96.2 Å². The summed E-state index contributed by atoms with van der Waals surface area (Å²) in [5, 5.41) is 14.1. The van der Waals surface area contributed by atoms with E-state index in [4.69, 9.17) is 9.72 Å². The van der Waals surface area contributed by atoms with Crippen molar-refractivity contribution in [2.75, 3.05) is 5.32 Å². The first-order chi connectivity index (χ1) is 17.2. The van der Waals surface area contributed by atoms with Crippen LogP contribution in [0.5, 0.6) is 11.5 Å². The van der Waals surface area contributed by atoms with Gasteiger partial charge in [-0.1, -0.05) is 66.4 Å². The summed E-state index contributed by atoms with van der Waals surface area (Å²) in [4.78, 5) is 17.6. The van der Waals surface area contributed by atoms with Gasteiger partial charge in [0.1, 0.15) is 22.9 Å². The van der Waals surface area contributed by atoms with Crippen molar-refractivity contribution in [1.82, 2.24) is 15.2 Å². The van der Waals surface area contributed by atoms with Crippen LogP contribution in [-0.4, -0.2) is 26.3 Å². The second-order valence-electron chi connectivity index (χ2n) is 8.19. The molecule has 0 saturated heterocycles. The van der Waals surface area contributed by atoms with Gasteiger partial charge in [0.05, 0.1) is 5.25 Å². The van der Waals surface area contributed by atoms with Crippen LogP contribution in [0, 0.1) is 0 Å². The van der Waals surface area contributed by atoms with Gasteiger partial charge in [-0.3, -0.25) is 4.79 Å². The Balaban J connectivity index is 1.14. The Kier molecular flexibility index (Phi) is 5.39. The summed E-state index contributed by atoms with van der Waals surface area (Å²) < 4.78 is 5.81. The standard InChI is InChI=1S/C28H20N4O2S/c1-17(27(33)29-19-13-15-21(16-14-19)34-20-9-3-2-4-10-20)35-28-30-25-22-11-5-7-18-8-6-12-23(24(18)22)26(25)31-32-28/h2-17H,1H3,(H,29,33).